The lowest BCUT2D eigenvalue weighted by Crippen LogP contribution is -2.15. The highest BCUT2D eigenvalue weighted by Crippen LogP contribution is 2.19. The third-order valence-corrected chi connectivity index (χ3v) is 3.11. The molecular formula is C12H13N3OS. The molecule has 4 nitrogen and oxygen atoms in total. The number of anilines is 1. The van der Waals surface area contributed by atoms with E-state index in [2.05, 4.69) is 10.4 Å². The number of hydrogen-bond donors (Lipinski definition) is 1. The molecule has 1 aromatic carbocycles. The minimum atomic E-state index is -0.150. The van der Waals surface area contributed by atoms with E-state index in [0.717, 1.165) is 10.6 Å². The first-order valence-electron chi connectivity index (χ1n) is 5.14. The van der Waals surface area contributed by atoms with E-state index in [1.54, 1.807) is 35.8 Å². The van der Waals surface area contributed by atoms with Gasteiger partial charge in [0.25, 0.3) is 5.91 Å². The zero-order valence-electron chi connectivity index (χ0n) is 9.68. The second-order valence-electron chi connectivity index (χ2n) is 3.53. The average Bonchev–Trinajstić information content (AvgIpc) is 2.76. The van der Waals surface area contributed by atoms with Crippen molar-refractivity contribution in [2.24, 2.45) is 7.05 Å². The second-order valence-corrected chi connectivity index (χ2v) is 4.41. The molecule has 0 unspecified atom stereocenters. The normalized spacial score (nSPS) is 10.2. The smallest absolute Gasteiger partial charge is 0.273 e. The van der Waals surface area contributed by atoms with Crippen LogP contribution >= 0.6 is 11.8 Å². The molecule has 88 valence electrons. The Kier molecular flexibility index (Phi) is 3.49. The number of aromatic nitrogens is 2. The predicted octanol–water partition coefficient (Wildman–Crippen LogP) is 2.39. The van der Waals surface area contributed by atoms with E-state index in [4.69, 9.17) is 0 Å². The van der Waals surface area contributed by atoms with Gasteiger partial charge in [0, 0.05) is 23.8 Å². The van der Waals surface area contributed by atoms with Crippen LogP contribution in [0.4, 0.5) is 5.69 Å². The van der Waals surface area contributed by atoms with Crippen LogP contribution in [0.5, 0.6) is 0 Å². The highest BCUT2D eigenvalue weighted by molar-refractivity contribution is 7.98. The van der Waals surface area contributed by atoms with Gasteiger partial charge in [-0.25, -0.2) is 0 Å². The van der Waals surface area contributed by atoms with E-state index < -0.39 is 0 Å². The molecule has 1 N–H and O–H groups in total. The number of carbonyl (C=O) groups excluding carboxylic acids is 1. The lowest BCUT2D eigenvalue weighted by molar-refractivity contribution is 0.101. The van der Waals surface area contributed by atoms with Gasteiger partial charge < -0.3 is 5.32 Å². The van der Waals surface area contributed by atoms with Crippen molar-refractivity contribution in [3.05, 3.63) is 42.2 Å². The summed E-state index contributed by atoms with van der Waals surface area (Å²) in [7, 11) is 1.74. The molecule has 0 aliphatic heterocycles. The van der Waals surface area contributed by atoms with Crippen LogP contribution in [-0.2, 0) is 7.05 Å². The van der Waals surface area contributed by atoms with E-state index in [1.165, 1.54) is 0 Å². The van der Waals surface area contributed by atoms with Gasteiger partial charge in [0.2, 0.25) is 0 Å². The summed E-state index contributed by atoms with van der Waals surface area (Å²) in [6.07, 6.45) is 3.61. The molecule has 1 heterocycles. The number of benzene rings is 1. The van der Waals surface area contributed by atoms with Gasteiger partial charge in [-0.1, -0.05) is 6.07 Å². The van der Waals surface area contributed by atoms with Crippen molar-refractivity contribution in [2.45, 2.75) is 4.90 Å². The Bertz CT molecular complexity index is 536. The van der Waals surface area contributed by atoms with Crippen LogP contribution in [0.3, 0.4) is 0 Å². The highest BCUT2D eigenvalue weighted by atomic mass is 32.2. The summed E-state index contributed by atoms with van der Waals surface area (Å²) in [6, 6.07) is 9.43. The number of nitrogens with one attached hydrogen (secondary N) is 1. The molecule has 0 aliphatic carbocycles. The number of rotatable bonds is 3. The molecule has 2 aromatic rings. The minimum absolute atomic E-state index is 0.150. The molecule has 5 heteroatoms. The lowest BCUT2D eigenvalue weighted by atomic mass is 10.3. The molecule has 17 heavy (non-hydrogen) atoms. The van der Waals surface area contributed by atoms with Gasteiger partial charge in [-0.3, -0.25) is 9.48 Å². The number of thioether (sulfide) groups is 1. The van der Waals surface area contributed by atoms with Gasteiger partial charge in [-0.05, 0) is 30.5 Å². The van der Waals surface area contributed by atoms with E-state index in [0.29, 0.717) is 5.69 Å². The van der Waals surface area contributed by atoms with Gasteiger partial charge in [0.05, 0.1) is 0 Å². The fourth-order valence-corrected chi connectivity index (χ4v) is 1.95. The van der Waals surface area contributed by atoms with E-state index >= 15 is 0 Å². The molecule has 0 radical (unpaired) electrons. The van der Waals surface area contributed by atoms with Gasteiger partial charge in [0.1, 0.15) is 5.69 Å². The topological polar surface area (TPSA) is 46.9 Å². The summed E-state index contributed by atoms with van der Waals surface area (Å²) in [5.41, 5.74) is 1.34. The Morgan fingerprint density at radius 2 is 2.24 bits per heavy atom. The van der Waals surface area contributed by atoms with Crippen LogP contribution in [-0.4, -0.2) is 21.9 Å². The molecule has 1 amide bonds. The first-order chi connectivity index (χ1) is 8.20. The molecule has 0 saturated carbocycles. The van der Waals surface area contributed by atoms with Crippen LogP contribution in [0.2, 0.25) is 0 Å². The van der Waals surface area contributed by atoms with Gasteiger partial charge >= 0.3 is 0 Å². The van der Waals surface area contributed by atoms with Crippen LogP contribution in [0.25, 0.3) is 0 Å². The Labute approximate surface area is 104 Å². The Balaban J connectivity index is 2.16. The van der Waals surface area contributed by atoms with E-state index in [1.807, 2.05) is 30.5 Å². The largest absolute Gasteiger partial charge is 0.321 e. The number of amides is 1. The lowest BCUT2D eigenvalue weighted by Gasteiger charge is -2.06. The number of aryl methyl sites for hydroxylation is 1. The Hall–Kier alpha value is -1.75. The van der Waals surface area contributed by atoms with Crippen molar-refractivity contribution in [2.75, 3.05) is 11.6 Å². The van der Waals surface area contributed by atoms with Gasteiger partial charge in [-0.2, -0.15) is 5.10 Å². The van der Waals surface area contributed by atoms with Crippen LogP contribution in [0.15, 0.2) is 41.4 Å². The van der Waals surface area contributed by atoms with Crippen LogP contribution in [0.1, 0.15) is 10.5 Å². The Morgan fingerprint density at radius 3 is 2.88 bits per heavy atom. The van der Waals surface area contributed by atoms with Gasteiger partial charge in [-0.15, -0.1) is 11.8 Å². The zero-order chi connectivity index (χ0) is 12.3. The standard InChI is InChI=1S/C12H13N3OS/c1-15-11(6-7-13-15)12(16)14-9-4-3-5-10(8-9)17-2/h3-8H,1-2H3,(H,14,16). The van der Waals surface area contributed by atoms with Crippen molar-refractivity contribution >= 4 is 23.4 Å². The summed E-state index contributed by atoms with van der Waals surface area (Å²) in [4.78, 5) is 13.0. The fourth-order valence-electron chi connectivity index (χ4n) is 1.49. The molecule has 0 spiro atoms. The van der Waals surface area contributed by atoms with Crippen molar-refractivity contribution in [3.63, 3.8) is 0 Å². The Morgan fingerprint density at radius 1 is 1.41 bits per heavy atom. The molecule has 1 aromatic heterocycles. The summed E-state index contributed by atoms with van der Waals surface area (Å²) >= 11 is 1.64. The molecule has 0 fully saturated rings. The monoisotopic (exact) mass is 247 g/mol. The third kappa shape index (κ3) is 2.68. The molecule has 0 bridgehead atoms. The summed E-state index contributed by atoms with van der Waals surface area (Å²) in [5, 5.41) is 6.81. The van der Waals surface area contributed by atoms with Crippen molar-refractivity contribution in [3.8, 4) is 0 Å². The summed E-state index contributed by atoms with van der Waals surface area (Å²) < 4.78 is 1.55. The fraction of sp³-hybridized carbons (Fsp3) is 0.167. The number of carbonyl (C=O) groups is 1. The second kappa shape index (κ2) is 5.05. The maximum absolute atomic E-state index is 11.9. The zero-order valence-corrected chi connectivity index (χ0v) is 10.5. The first-order valence-corrected chi connectivity index (χ1v) is 6.36. The third-order valence-electron chi connectivity index (χ3n) is 2.38. The quantitative estimate of drug-likeness (QED) is 0.847. The average molecular weight is 247 g/mol. The van der Waals surface area contributed by atoms with Crippen molar-refractivity contribution in [1.82, 2.24) is 9.78 Å². The summed E-state index contributed by atoms with van der Waals surface area (Å²) in [5.74, 6) is -0.150. The molecule has 0 atom stereocenters. The molecular weight excluding hydrogens is 234 g/mol. The molecule has 2 rings (SSSR count). The minimum Gasteiger partial charge on any atom is -0.321 e. The molecule has 0 saturated heterocycles. The SMILES string of the molecule is CSc1cccc(NC(=O)c2ccnn2C)c1. The van der Waals surface area contributed by atoms with E-state index in [9.17, 15) is 4.79 Å². The highest BCUT2D eigenvalue weighted by Gasteiger charge is 2.09. The maximum atomic E-state index is 11.9. The molecule has 0 aliphatic rings. The van der Waals surface area contributed by atoms with E-state index in [-0.39, 0.29) is 5.91 Å². The van der Waals surface area contributed by atoms with Crippen LogP contribution < -0.4 is 5.32 Å². The number of hydrogen-bond acceptors (Lipinski definition) is 3. The van der Waals surface area contributed by atoms with Crippen LogP contribution in [0, 0.1) is 0 Å². The van der Waals surface area contributed by atoms with Crippen molar-refractivity contribution in [1.29, 1.82) is 0 Å². The summed E-state index contributed by atoms with van der Waals surface area (Å²) in [6.45, 7) is 0. The first kappa shape index (κ1) is 11.7. The maximum Gasteiger partial charge on any atom is 0.273 e. The number of nitrogens with zero attached hydrogens (tertiary/aromatic N) is 2. The predicted molar refractivity (Wildman–Crippen MR) is 69.4 cm³/mol. The van der Waals surface area contributed by atoms with Crippen molar-refractivity contribution < 1.29 is 4.79 Å². The van der Waals surface area contributed by atoms with Gasteiger partial charge in [0.15, 0.2) is 0 Å².